The molecule has 1 amide bonds. The Hall–Kier alpha value is -2.92. The third-order valence-corrected chi connectivity index (χ3v) is 5.45. The molecule has 0 bridgehead atoms. The molecule has 1 aromatic heterocycles. The van der Waals surface area contributed by atoms with E-state index in [0.29, 0.717) is 6.54 Å². The van der Waals surface area contributed by atoms with Gasteiger partial charge in [-0.15, -0.1) is 0 Å². The standard InChI is InChI=1S/C25H31N3O2/c1-4-28(5-2)24(21-15-10-7-11-16-21)25(29)27(3)18-12-17-22-19-23(26-30-22)20-13-8-6-9-14-20/h6-11,13-16,19,24H,4-5,12,17-18H2,1-3H3. The smallest absolute Gasteiger partial charge is 0.244 e. The number of rotatable bonds is 10. The molecular formula is C25H31N3O2. The van der Waals surface area contributed by atoms with Crippen LogP contribution in [-0.2, 0) is 11.2 Å². The first-order valence-corrected chi connectivity index (χ1v) is 10.7. The van der Waals surface area contributed by atoms with E-state index in [-0.39, 0.29) is 11.9 Å². The molecule has 158 valence electrons. The van der Waals surface area contributed by atoms with Gasteiger partial charge < -0.3 is 9.42 Å². The van der Waals surface area contributed by atoms with Crippen molar-refractivity contribution in [3.8, 4) is 11.3 Å². The summed E-state index contributed by atoms with van der Waals surface area (Å²) in [5, 5.41) is 4.17. The molecule has 0 saturated carbocycles. The van der Waals surface area contributed by atoms with Gasteiger partial charge in [-0.2, -0.15) is 0 Å². The maximum atomic E-state index is 13.3. The number of carbonyl (C=O) groups is 1. The second-order valence-corrected chi connectivity index (χ2v) is 7.44. The number of carbonyl (C=O) groups excluding carboxylic acids is 1. The summed E-state index contributed by atoms with van der Waals surface area (Å²) in [6, 6.07) is 21.8. The van der Waals surface area contributed by atoms with E-state index < -0.39 is 0 Å². The van der Waals surface area contributed by atoms with Crippen molar-refractivity contribution in [3.05, 3.63) is 78.1 Å². The molecular weight excluding hydrogens is 374 g/mol. The van der Waals surface area contributed by atoms with E-state index in [4.69, 9.17) is 4.52 Å². The summed E-state index contributed by atoms with van der Waals surface area (Å²) in [4.78, 5) is 17.3. The first kappa shape index (κ1) is 21.8. The lowest BCUT2D eigenvalue weighted by molar-refractivity contribution is -0.136. The number of hydrogen-bond donors (Lipinski definition) is 0. The molecule has 0 saturated heterocycles. The highest BCUT2D eigenvalue weighted by Gasteiger charge is 2.28. The molecule has 0 radical (unpaired) electrons. The van der Waals surface area contributed by atoms with Crippen LogP contribution in [0.2, 0.25) is 0 Å². The molecule has 1 atom stereocenters. The van der Waals surface area contributed by atoms with Gasteiger partial charge in [0.25, 0.3) is 0 Å². The Balaban J connectivity index is 1.60. The number of benzene rings is 2. The van der Waals surface area contributed by atoms with Crippen LogP contribution in [0.15, 0.2) is 71.3 Å². The predicted octanol–water partition coefficient (Wildman–Crippen LogP) is 4.82. The molecule has 0 N–H and O–H groups in total. The van der Waals surface area contributed by atoms with Crippen LogP contribution in [-0.4, -0.2) is 47.5 Å². The van der Waals surface area contributed by atoms with Crippen molar-refractivity contribution in [2.24, 2.45) is 0 Å². The Labute approximate surface area is 179 Å². The van der Waals surface area contributed by atoms with E-state index in [1.165, 1.54) is 0 Å². The Morgan fingerprint density at radius 2 is 1.63 bits per heavy atom. The summed E-state index contributed by atoms with van der Waals surface area (Å²) in [5.41, 5.74) is 2.94. The van der Waals surface area contributed by atoms with Crippen LogP contribution < -0.4 is 0 Å². The molecule has 0 fully saturated rings. The molecule has 5 heteroatoms. The average Bonchev–Trinajstić information content (AvgIpc) is 3.27. The van der Waals surface area contributed by atoms with Gasteiger partial charge >= 0.3 is 0 Å². The molecule has 0 aliphatic heterocycles. The monoisotopic (exact) mass is 405 g/mol. The van der Waals surface area contributed by atoms with Gasteiger partial charge in [-0.3, -0.25) is 9.69 Å². The van der Waals surface area contributed by atoms with Crippen LogP contribution in [0.1, 0.15) is 37.6 Å². The third kappa shape index (κ3) is 5.36. The number of nitrogens with zero attached hydrogens (tertiary/aromatic N) is 3. The normalized spacial score (nSPS) is 12.1. The second-order valence-electron chi connectivity index (χ2n) is 7.44. The minimum atomic E-state index is -0.249. The zero-order chi connectivity index (χ0) is 21.3. The van der Waals surface area contributed by atoms with E-state index in [9.17, 15) is 4.79 Å². The van der Waals surface area contributed by atoms with Crippen LogP contribution in [0.5, 0.6) is 0 Å². The van der Waals surface area contributed by atoms with Crippen molar-refractivity contribution in [1.29, 1.82) is 0 Å². The molecule has 30 heavy (non-hydrogen) atoms. The Morgan fingerprint density at radius 3 is 2.27 bits per heavy atom. The fraction of sp³-hybridized carbons (Fsp3) is 0.360. The van der Waals surface area contributed by atoms with Gasteiger partial charge in [0.15, 0.2) is 0 Å². The lowest BCUT2D eigenvalue weighted by atomic mass is 10.0. The van der Waals surface area contributed by atoms with Gasteiger partial charge in [0.05, 0.1) is 0 Å². The highest BCUT2D eigenvalue weighted by molar-refractivity contribution is 5.83. The second kappa shape index (κ2) is 10.7. The van der Waals surface area contributed by atoms with Gasteiger partial charge in [0, 0.05) is 31.6 Å². The first-order valence-electron chi connectivity index (χ1n) is 10.7. The van der Waals surface area contributed by atoms with Crippen LogP contribution in [0.25, 0.3) is 11.3 Å². The van der Waals surface area contributed by atoms with Crippen LogP contribution >= 0.6 is 0 Å². The highest BCUT2D eigenvalue weighted by Crippen LogP contribution is 2.23. The van der Waals surface area contributed by atoms with Crippen molar-refractivity contribution < 1.29 is 9.32 Å². The lowest BCUT2D eigenvalue weighted by Crippen LogP contribution is -2.41. The predicted molar refractivity (Wildman–Crippen MR) is 120 cm³/mol. The number of likely N-dealkylation sites (N-methyl/N-ethyl adjacent to an activating group) is 2. The Morgan fingerprint density at radius 1 is 1.00 bits per heavy atom. The number of aromatic nitrogens is 1. The van der Waals surface area contributed by atoms with E-state index in [0.717, 1.165) is 48.5 Å². The quantitative estimate of drug-likeness (QED) is 0.485. The minimum Gasteiger partial charge on any atom is -0.361 e. The summed E-state index contributed by atoms with van der Waals surface area (Å²) in [7, 11) is 1.89. The van der Waals surface area contributed by atoms with Gasteiger partial charge in [-0.25, -0.2) is 0 Å². The largest absolute Gasteiger partial charge is 0.361 e. The third-order valence-electron chi connectivity index (χ3n) is 5.45. The summed E-state index contributed by atoms with van der Waals surface area (Å²) in [5.74, 6) is 0.977. The Bertz CT molecular complexity index is 904. The first-order chi connectivity index (χ1) is 14.6. The molecule has 2 aromatic carbocycles. The zero-order valence-electron chi connectivity index (χ0n) is 18.1. The summed E-state index contributed by atoms with van der Waals surface area (Å²) >= 11 is 0. The Kier molecular flexibility index (Phi) is 7.80. The maximum absolute atomic E-state index is 13.3. The van der Waals surface area contributed by atoms with Crippen molar-refractivity contribution in [2.75, 3.05) is 26.7 Å². The molecule has 5 nitrogen and oxygen atoms in total. The van der Waals surface area contributed by atoms with Crippen molar-refractivity contribution in [2.45, 2.75) is 32.7 Å². The molecule has 1 unspecified atom stereocenters. The van der Waals surface area contributed by atoms with Gasteiger partial charge in [0.2, 0.25) is 5.91 Å². The van der Waals surface area contributed by atoms with Crippen molar-refractivity contribution >= 4 is 5.91 Å². The maximum Gasteiger partial charge on any atom is 0.244 e. The molecule has 1 heterocycles. The average molecular weight is 406 g/mol. The van der Waals surface area contributed by atoms with Crippen LogP contribution in [0, 0.1) is 0 Å². The zero-order valence-corrected chi connectivity index (χ0v) is 18.1. The lowest BCUT2D eigenvalue weighted by Gasteiger charge is -2.32. The molecule has 0 aliphatic carbocycles. The SMILES string of the molecule is CCN(CC)C(C(=O)N(C)CCCc1cc(-c2ccccc2)no1)c1ccccc1. The molecule has 3 rings (SSSR count). The number of aryl methyl sites for hydroxylation is 1. The highest BCUT2D eigenvalue weighted by atomic mass is 16.5. The van der Waals surface area contributed by atoms with E-state index >= 15 is 0 Å². The minimum absolute atomic E-state index is 0.132. The fourth-order valence-corrected chi connectivity index (χ4v) is 3.72. The van der Waals surface area contributed by atoms with Crippen molar-refractivity contribution in [3.63, 3.8) is 0 Å². The molecule has 3 aromatic rings. The topological polar surface area (TPSA) is 49.6 Å². The van der Waals surface area contributed by atoms with E-state index in [1.807, 2.05) is 78.7 Å². The van der Waals surface area contributed by atoms with Crippen LogP contribution in [0.4, 0.5) is 0 Å². The van der Waals surface area contributed by atoms with Crippen molar-refractivity contribution in [1.82, 2.24) is 15.0 Å². The molecule has 0 spiro atoms. The van der Waals surface area contributed by atoms with E-state index in [2.05, 4.69) is 23.9 Å². The summed E-state index contributed by atoms with van der Waals surface area (Å²) in [6.45, 7) is 6.53. The summed E-state index contributed by atoms with van der Waals surface area (Å²) in [6.07, 6.45) is 1.57. The van der Waals surface area contributed by atoms with Crippen LogP contribution in [0.3, 0.4) is 0 Å². The van der Waals surface area contributed by atoms with E-state index in [1.54, 1.807) is 0 Å². The fourth-order valence-electron chi connectivity index (χ4n) is 3.72. The van der Waals surface area contributed by atoms with Gasteiger partial charge in [-0.05, 0) is 25.1 Å². The summed E-state index contributed by atoms with van der Waals surface area (Å²) < 4.78 is 5.49. The number of amides is 1. The molecule has 0 aliphatic rings. The van der Waals surface area contributed by atoms with Gasteiger partial charge in [0.1, 0.15) is 17.5 Å². The van der Waals surface area contributed by atoms with Gasteiger partial charge in [-0.1, -0.05) is 79.7 Å². The number of hydrogen-bond acceptors (Lipinski definition) is 4.